The molecule has 0 bridgehead atoms. The van der Waals surface area contributed by atoms with Crippen LogP contribution in [0.25, 0.3) is 0 Å². The van der Waals surface area contributed by atoms with Crippen molar-refractivity contribution in [2.24, 2.45) is 0 Å². The lowest BCUT2D eigenvalue weighted by molar-refractivity contribution is -0.121. The van der Waals surface area contributed by atoms with Gasteiger partial charge in [0.1, 0.15) is 0 Å². The van der Waals surface area contributed by atoms with Gasteiger partial charge in [-0.15, -0.1) is 11.3 Å². The van der Waals surface area contributed by atoms with Crippen molar-refractivity contribution in [3.8, 4) is 0 Å². The Morgan fingerprint density at radius 1 is 1.12 bits per heavy atom. The normalized spacial score (nSPS) is 14.2. The maximum atomic E-state index is 12.1. The Labute approximate surface area is 154 Å². The van der Waals surface area contributed by atoms with Gasteiger partial charge >= 0.3 is 0 Å². The van der Waals surface area contributed by atoms with Crippen LogP contribution >= 0.6 is 23.1 Å². The summed E-state index contributed by atoms with van der Waals surface area (Å²) in [5, 5.41) is 4.94. The first-order valence-corrected chi connectivity index (χ1v) is 10.0. The van der Waals surface area contributed by atoms with Crippen LogP contribution in [0.5, 0.6) is 0 Å². The van der Waals surface area contributed by atoms with Gasteiger partial charge in [0.05, 0.1) is 5.69 Å². The molecule has 0 atom stereocenters. The van der Waals surface area contributed by atoms with E-state index in [1.54, 1.807) is 47.4 Å². The molecule has 1 aliphatic heterocycles. The van der Waals surface area contributed by atoms with Gasteiger partial charge < -0.3 is 5.32 Å². The summed E-state index contributed by atoms with van der Waals surface area (Å²) in [6, 6.07) is 10.7. The third-order valence-corrected chi connectivity index (χ3v) is 5.86. The number of rotatable bonds is 7. The molecule has 1 N–H and O–H groups in total. The third-order valence-electron chi connectivity index (χ3n) is 3.80. The third kappa shape index (κ3) is 4.49. The number of anilines is 1. The van der Waals surface area contributed by atoms with Crippen molar-refractivity contribution in [1.82, 2.24) is 5.32 Å². The zero-order chi connectivity index (χ0) is 17.6. The van der Waals surface area contributed by atoms with Gasteiger partial charge in [0.2, 0.25) is 11.8 Å². The first-order valence-electron chi connectivity index (χ1n) is 7.99. The Balaban J connectivity index is 1.46. The van der Waals surface area contributed by atoms with Crippen LogP contribution in [0.3, 0.4) is 0 Å². The number of thioether (sulfide) groups is 1. The van der Waals surface area contributed by atoms with Crippen molar-refractivity contribution in [3.63, 3.8) is 0 Å². The number of imide groups is 1. The Kier molecular flexibility index (Phi) is 5.88. The summed E-state index contributed by atoms with van der Waals surface area (Å²) in [5.41, 5.74) is 1.04. The lowest BCUT2D eigenvalue weighted by Gasteiger charge is -2.14. The summed E-state index contributed by atoms with van der Waals surface area (Å²) >= 11 is 3.52. The Bertz CT molecular complexity index is 741. The molecule has 0 saturated carbocycles. The van der Waals surface area contributed by atoms with Gasteiger partial charge in [-0.2, -0.15) is 11.8 Å². The number of nitrogens with zero attached hydrogens (tertiary/aromatic N) is 1. The number of nitrogens with one attached hydrogen (secondary N) is 1. The van der Waals surface area contributed by atoms with Crippen LogP contribution in [0.4, 0.5) is 5.69 Å². The topological polar surface area (TPSA) is 66.5 Å². The second-order valence-electron chi connectivity index (χ2n) is 5.56. The monoisotopic (exact) mass is 374 g/mol. The molecule has 0 aliphatic carbocycles. The van der Waals surface area contributed by atoms with E-state index in [1.165, 1.54) is 9.78 Å². The van der Waals surface area contributed by atoms with E-state index < -0.39 is 0 Å². The lowest BCUT2D eigenvalue weighted by Crippen LogP contribution is -2.29. The van der Waals surface area contributed by atoms with Crippen molar-refractivity contribution in [1.29, 1.82) is 0 Å². The largest absolute Gasteiger partial charge is 0.351 e. The molecule has 1 saturated heterocycles. The molecule has 0 unspecified atom stereocenters. The van der Waals surface area contributed by atoms with Crippen LogP contribution in [0.15, 0.2) is 41.8 Å². The van der Waals surface area contributed by atoms with Gasteiger partial charge in [0, 0.05) is 41.3 Å². The number of hydrogen-bond donors (Lipinski definition) is 1. The summed E-state index contributed by atoms with van der Waals surface area (Å²) in [6.45, 7) is 0.597. The summed E-state index contributed by atoms with van der Waals surface area (Å²) in [4.78, 5) is 38.1. The standard InChI is InChI=1S/C18H18N2O3S2/c21-16-7-8-17(22)20(16)14-5-3-13(4-6-14)18(23)19-9-11-24-12-15-2-1-10-25-15/h1-6,10H,7-9,11-12H2,(H,19,23). The van der Waals surface area contributed by atoms with Gasteiger partial charge in [-0.3, -0.25) is 19.3 Å². The number of amides is 3. The van der Waals surface area contributed by atoms with E-state index in [0.29, 0.717) is 17.8 Å². The highest BCUT2D eigenvalue weighted by Crippen LogP contribution is 2.22. The quantitative estimate of drug-likeness (QED) is 0.597. The fraction of sp³-hybridized carbons (Fsp3) is 0.278. The minimum atomic E-state index is -0.190. The molecule has 2 aromatic rings. The Hall–Kier alpha value is -2.12. The minimum absolute atomic E-state index is 0.151. The Morgan fingerprint density at radius 3 is 2.48 bits per heavy atom. The van der Waals surface area contributed by atoms with Crippen LogP contribution in [0, 0.1) is 0 Å². The van der Waals surface area contributed by atoms with Gasteiger partial charge in [-0.25, -0.2) is 0 Å². The van der Waals surface area contributed by atoms with E-state index in [2.05, 4.69) is 16.8 Å². The second-order valence-corrected chi connectivity index (χ2v) is 7.70. The smallest absolute Gasteiger partial charge is 0.251 e. The van der Waals surface area contributed by atoms with Crippen LogP contribution < -0.4 is 10.2 Å². The number of thiophene rings is 1. The van der Waals surface area contributed by atoms with Crippen LogP contribution in [0.2, 0.25) is 0 Å². The molecular weight excluding hydrogens is 356 g/mol. The number of carbonyl (C=O) groups excluding carboxylic acids is 3. The molecule has 0 radical (unpaired) electrons. The molecule has 1 aliphatic rings. The predicted molar refractivity (Wildman–Crippen MR) is 101 cm³/mol. The van der Waals surface area contributed by atoms with E-state index in [9.17, 15) is 14.4 Å². The number of benzene rings is 1. The zero-order valence-corrected chi connectivity index (χ0v) is 15.2. The molecule has 1 aromatic carbocycles. The van der Waals surface area contributed by atoms with E-state index in [-0.39, 0.29) is 30.6 Å². The van der Waals surface area contributed by atoms with Gasteiger partial charge in [-0.1, -0.05) is 6.07 Å². The number of carbonyl (C=O) groups is 3. The van der Waals surface area contributed by atoms with Crippen molar-refractivity contribution in [2.45, 2.75) is 18.6 Å². The van der Waals surface area contributed by atoms with Crippen LogP contribution in [0.1, 0.15) is 28.1 Å². The molecule has 1 fully saturated rings. The molecule has 7 heteroatoms. The molecule has 2 heterocycles. The second kappa shape index (κ2) is 8.31. The fourth-order valence-corrected chi connectivity index (χ4v) is 4.23. The summed E-state index contributed by atoms with van der Waals surface area (Å²) in [6.07, 6.45) is 0.508. The molecular formula is C18H18N2O3S2. The Morgan fingerprint density at radius 2 is 1.84 bits per heavy atom. The number of hydrogen-bond acceptors (Lipinski definition) is 5. The summed E-state index contributed by atoms with van der Waals surface area (Å²) in [7, 11) is 0. The van der Waals surface area contributed by atoms with E-state index >= 15 is 0 Å². The van der Waals surface area contributed by atoms with Crippen molar-refractivity contribution >= 4 is 46.5 Å². The average Bonchev–Trinajstić information content (AvgIpc) is 3.24. The molecule has 5 nitrogen and oxygen atoms in total. The van der Waals surface area contributed by atoms with Crippen molar-refractivity contribution in [3.05, 3.63) is 52.2 Å². The van der Waals surface area contributed by atoms with Crippen molar-refractivity contribution < 1.29 is 14.4 Å². The fourth-order valence-electron chi connectivity index (χ4n) is 2.53. The molecule has 3 rings (SSSR count). The van der Waals surface area contributed by atoms with E-state index in [0.717, 1.165) is 11.5 Å². The summed E-state index contributed by atoms with van der Waals surface area (Å²) < 4.78 is 0. The average molecular weight is 374 g/mol. The first kappa shape index (κ1) is 17.7. The lowest BCUT2D eigenvalue weighted by atomic mass is 10.2. The van der Waals surface area contributed by atoms with Crippen molar-refractivity contribution in [2.75, 3.05) is 17.2 Å². The minimum Gasteiger partial charge on any atom is -0.351 e. The highest BCUT2D eigenvalue weighted by atomic mass is 32.2. The predicted octanol–water partition coefficient (Wildman–Crippen LogP) is 3.06. The molecule has 0 spiro atoms. The molecule has 3 amide bonds. The van der Waals surface area contributed by atoms with Gasteiger partial charge in [-0.05, 0) is 35.7 Å². The van der Waals surface area contributed by atoms with Gasteiger partial charge in [0.25, 0.3) is 5.91 Å². The van der Waals surface area contributed by atoms with Crippen LogP contribution in [-0.4, -0.2) is 30.0 Å². The summed E-state index contributed by atoms with van der Waals surface area (Å²) in [5.74, 6) is 1.27. The SMILES string of the molecule is O=C(NCCSCc1cccs1)c1ccc(N2C(=O)CCC2=O)cc1. The first-order chi connectivity index (χ1) is 12.1. The van der Waals surface area contributed by atoms with Gasteiger partial charge in [0.15, 0.2) is 0 Å². The van der Waals surface area contributed by atoms with Crippen LogP contribution in [-0.2, 0) is 15.3 Å². The highest BCUT2D eigenvalue weighted by molar-refractivity contribution is 7.98. The highest BCUT2D eigenvalue weighted by Gasteiger charge is 2.30. The van der Waals surface area contributed by atoms with E-state index in [1.807, 2.05) is 6.07 Å². The molecule has 25 heavy (non-hydrogen) atoms. The molecule has 1 aromatic heterocycles. The molecule has 130 valence electrons. The maximum absolute atomic E-state index is 12.1. The maximum Gasteiger partial charge on any atom is 0.251 e. The zero-order valence-electron chi connectivity index (χ0n) is 13.6. The van der Waals surface area contributed by atoms with E-state index in [4.69, 9.17) is 0 Å².